The molecule has 1 aromatic heterocycles. The van der Waals surface area contributed by atoms with Crippen LogP contribution < -0.4 is 5.73 Å². The van der Waals surface area contributed by atoms with Crippen molar-refractivity contribution >= 4 is 0 Å². The number of hydrogen-bond donors (Lipinski definition) is 1. The van der Waals surface area contributed by atoms with Crippen LogP contribution in [0.5, 0.6) is 0 Å². The van der Waals surface area contributed by atoms with E-state index >= 15 is 0 Å². The fourth-order valence-corrected chi connectivity index (χ4v) is 2.49. The molecule has 0 bridgehead atoms. The van der Waals surface area contributed by atoms with Gasteiger partial charge in [0.25, 0.3) is 0 Å². The number of likely N-dealkylation sites (N-methyl/N-ethyl adjacent to an activating group) is 1. The zero-order valence-corrected chi connectivity index (χ0v) is 11.6. The molecule has 4 heteroatoms. The summed E-state index contributed by atoms with van der Waals surface area (Å²) in [5.74, 6) is -0.283. The average Bonchev–Trinajstić information content (AvgIpc) is 2.40. The van der Waals surface area contributed by atoms with E-state index in [-0.39, 0.29) is 11.4 Å². The van der Waals surface area contributed by atoms with Crippen LogP contribution >= 0.6 is 0 Å². The molecule has 0 fully saturated rings. The first kappa shape index (κ1) is 15.1. The smallest absolute Gasteiger partial charge is 0.141 e. The number of pyridine rings is 1. The van der Waals surface area contributed by atoms with E-state index in [9.17, 15) is 4.39 Å². The van der Waals surface area contributed by atoms with Crippen LogP contribution in [0.25, 0.3) is 0 Å². The molecule has 0 saturated carbocycles. The number of nitrogens with zero attached hydrogens (tertiary/aromatic N) is 2. The van der Waals surface area contributed by atoms with Gasteiger partial charge in [-0.25, -0.2) is 4.39 Å². The second kappa shape index (κ2) is 6.81. The number of aromatic nitrogens is 1. The Morgan fingerprint density at radius 3 is 2.39 bits per heavy atom. The third-order valence-electron chi connectivity index (χ3n) is 3.88. The lowest BCUT2D eigenvalue weighted by Crippen LogP contribution is -2.52. The fourth-order valence-electron chi connectivity index (χ4n) is 2.49. The van der Waals surface area contributed by atoms with Crippen LogP contribution in [0.4, 0.5) is 4.39 Å². The summed E-state index contributed by atoms with van der Waals surface area (Å²) in [7, 11) is 0. The zero-order chi connectivity index (χ0) is 13.6. The molecule has 0 saturated heterocycles. The van der Waals surface area contributed by atoms with E-state index in [1.54, 1.807) is 12.3 Å². The fraction of sp³-hybridized carbons (Fsp3) is 0.643. The molecule has 1 rings (SSSR count). The van der Waals surface area contributed by atoms with Crippen LogP contribution in [0.1, 0.15) is 39.2 Å². The highest BCUT2D eigenvalue weighted by molar-refractivity contribution is 5.11. The maximum absolute atomic E-state index is 13.2. The molecule has 0 aromatic carbocycles. The van der Waals surface area contributed by atoms with E-state index in [0.29, 0.717) is 13.1 Å². The molecular formula is C14H24FN3. The second-order valence-electron chi connectivity index (χ2n) is 4.66. The molecule has 0 spiro atoms. The van der Waals surface area contributed by atoms with Gasteiger partial charge in [0.05, 0.1) is 6.20 Å². The molecular weight excluding hydrogens is 229 g/mol. The van der Waals surface area contributed by atoms with E-state index < -0.39 is 0 Å². The summed E-state index contributed by atoms with van der Waals surface area (Å²) in [4.78, 5) is 6.22. The summed E-state index contributed by atoms with van der Waals surface area (Å²) >= 11 is 0. The van der Waals surface area contributed by atoms with Crippen molar-refractivity contribution in [1.82, 2.24) is 9.88 Å². The van der Waals surface area contributed by atoms with Gasteiger partial charge >= 0.3 is 0 Å². The molecule has 3 nitrogen and oxygen atoms in total. The topological polar surface area (TPSA) is 42.2 Å². The summed E-state index contributed by atoms with van der Waals surface area (Å²) < 4.78 is 13.2. The highest BCUT2D eigenvalue weighted by Gasteiger charge is 2.30. The molecule has 1 heterocycles. The minimum Gasteiger partial charge on any atom is -0.329 e. The van der Waals surface area contributed by atoms with Gasteiger partial charge in [-0.1, -0.05) is 20.8 Å². The summed E-state index contributed by atoms with van der Waals surface area (Å²) in [5.41, 5.74) is 6.86. The predicted molar refractivity (Wildman–Crippen MR) is 72.6 cm³/mol. The van der Waals surface area contributed by atoms with Crippen molar-refractivity contribution in [3.8, 4) is 0 Å². The quantitative estimate of drug-likeness (QED) is 0.812. The Labute approximate surface area is 109 Å². The van der Waals surface area contributed by atoms with E-state index in [1.165, 1.54) is 6.20 Å². The van der Waals surface area contributed by atoms with Crippen molar-refractivity contribution in [3.05, 3.63) is 29.8 Å². The van der Waals surface area contributed by atoms with Gasteiger partial charge in [0.15, 0.2) is 0 Å². The first-order chi connectivity index (χ1) is 8.61. The maximum Gasteiger partial charge on any atom is 0.141 e. The molecule has 0 aliphatic rings. The third kappa shape index (κ3) is 3.27. The van der Waals surface area contributed by atoms with E-state index in [4.69, 9.17) is 5.73 Å². The number of nitrogens with two attached hydrogens (primary N) is 1. The summed E-state index contributed by atoms with van der Waals surface area (Å²) in [6, 6.07) is 1.54. The van der Waals surface area contributed by atoms with Crippen LogP contribution in [0, 0.1) is 5.82 Å². The zero-order valence-electron chi connectivity index (χ0n) is 11.6. The van der Waals surface area contributed by atoms with Crippen molar-refractivity contribution in [1.29, 1.82) is 0 Å². The van der Waals surface area contributed by atoms with Gasteiger partial charge in [-0.3, -0.25) is 9.88 Å². The highest BCUT2D eigenvalue weighted by atomic mass is 19.1. The van der Waals surface area contributed by atoms with Gasteiger partial charge in [0.2, 0.25) is 0 Å². The van der Waals surface area contributed by atoms with Gasteiger partial charge in [-0.15, -0.1) is 0 Å². The number of hydrogen-bond acceptors (Lipinski definition) is 3. The Hall–Kier alpha value is -1.00. The van der Waals surface area contributed by atoms with E-state index in [0.717, 1.165) is 24.9 Å². The van der Waals surface area contributed by atoms with Crippen molar-refractivity contribution in [3.63, 3.8) is 0 Å². The number of rotatable bonds is 7. The predicted octanol–water partition coefficient (Wildman–Crippen LogP) is 2.56. The standard InChI is InChI=1S/C14H24FN3/c1-4-14(5-2,11-16)18(6-3)10-12-7-13(15)9-17-8-12/h7-9H,4-6,10-11,16H2,1-3H3. The molecule has 1 aromatic rings. The van der Waals surface area contributed by atoms with Crippen LogP contribution in [-0.4, -0.2) is 28.5 Å². The number of halogens is 1. The van der Waals surface area contributed by atoms with Crippen molar-refractivity contribution in [2.75, 3.05) is 13.1 Å². The van der Waals surface area contributed by atoms with Crippen LogP contribution in [-0.2, 0) is 6.54 Å². The minimum atomic E-state index is -0.283. The SMILES string of the molecule is CCN(Cc1cncc(F)c1)C(CC)(CC)CN. The van der Waals surface area contributed by atoms with Crippen LogP contribution in [0.15, 0.2) is 18.5 Å². The summed E-state index contributed by atoms with van der Waals surface area (Å²) in [5, 5.41) is 0. The molecule has 2 N–H and O–H groups in total. The molecule has 102 valence electrons. The average molecular weight is 253 g/mol. The van der Waals surface area contributed by atoms with Crippen molar-refractivity contribution in [2.45, 2.75) is 45.7 Å². The Kier molecular flexibility index (Phi) is 5.69. The molecule has 0 aliphatic heterocycles. The van der Waals surface area contributed by atoms with Crippen LogP contribution in [0.3, 0.4) is 0 Å². The maximum atomic E-state index is 13.2. The largest absolute Gasteiger partial charge is 0.329 e. The lowest BCUT2D eigenvalue weighted by molar-refractivity contribution is 0.0826. The van der Waals surface area contributed by atoms with Crippen molar-refractivity contribution < 1.29 is 4.39 Å². The molecule has 0 atom stereocenters. The summed E-state index contributed by atoms with van der Waals surface area (Å²) in [6.07, 6.45) is 4.95. The van der Waals surface area contributed by atoms with Gasteiger partial charge in [0.1, 0.15) is 5.82 Å². The van der Waals surface area contributed by atoms with Gasteiger partial charge < -0.3 is 5.73 Å². The molecule has 0 aliphatic carbocycles. The Bertz CT molecular complexity index is 356. The van der Waals surface area contributed by atoms with E-state index in [1.807, 2.05) is 0 Å². The van der Waals surface area contributed by atoms with Gasteiger partial charge in [0, 0.05) is 24.8 Å². The third-order valence-corrected chi connectivity index (χ3v) is 3.88. The van der Waals surface area contributed by atoms with Gasteiger partial charge in [-0.05, 0) is 31.0 Å². The van der Waals surface area contributed by atoms with Crippen LogP contribution in [0.2, 0.25) is 0 Å². The Morgan fingerprint density at radius 2 is 1.94 bits per heavy atom. The molecule has 18 heavy (non-hydrogen) atoms. The van der Waals surface area contributed by atoms with E-state index in [2.05, 4.69) is 30.7 Å². The lowest BCUT2D eigenvalue weighted by atomic mass is 9.90. The molecule has 0 amide bonds. The lowest BCUT2D eigenvalue weighted by Gasteiger charge is -2.42. The normalized spacial score (nSPS) is 12.1. The Morgan fingerprint density at radius 1 is 1.28 bits per heavy atom. The first-order valence-corrected chi connectivity index (χ1v) is 6.66. The monoisotopic (exact) mass is 253 g/mol. The summed E-state index contributed by atoms with van der Waals surface area (Å²) in [6.45, 7) is 8.64. The first-order valence-electron chi connectivity index (χ1n) is 6.66. The Balaban J connectivity index is 2.90. The minimum absolute atomic E-state index is 0.00106. The second-order valence-corrected chi connectivity index (χ2v) is 4.66. The highest BCUT2D eigenvalue weighted by Crippen LogP contribution is 2.24. The molecule has 0 unspecified atom stereocenters. The van der Waals surface area contributed by atoms with Crippen molar-refractivity contribution in [2.24, 2.45) is 5.73 Å². The van der Waals surface area contributed by atoms with Gasteiger partial charge in [-0.2, -0.15) is 0 Å². The molecule has 0 radical (unpaired) electrons.